The Hall–Kier alpha value is -1.30. The molecule has 2 saturated carbocycles. The summed E-state index contributed by atoms with van der Waals surface area (Å²) in [5, 5.41) is 12.1. The molecule has 1 heterocycles. The van der Waals surface area contributed by atoms with Crippen molar-refractivity contribution in [1.82, 2.24) is 15.1 Å². The van der Waals surface area contributed by atoms with Gasteiger partial charge in [-0.25, -0.2) is 4.79 Å². The Bertz CT molecular complexity index is 478. The van der Waals surface area contributed by atoms with Gasteiger partial charge in [0.25, 0.3) is 0 Å². The second-order valence-electron chi connectivity index (χ2n) is 7.87. The summed E-state index contributed by atoms with van der Waals surface area (Å²) in [5.41, 5.74) is 0. The molecule has 3 atom stereocenters. The van der Waals surface area contributed by atoms with Crippen LogP contribution in [0.5, 0.6) is 0 Å². The first-order valence-electron chi connectivity index (χ1n) is 9.52. The molecule has 0 aromatic heterocycles. The topological polar surface area (TPSA) is 72.9 Å². The van der Waals surface area contributed by atoms with Crippen molar-refractivity contribution in [1.29, 1.82) is 0 Å². The molecule has 3 unspecified atom stereocenters. The molecule has 24 heavy (non-hydrogen) atoms. The Labute approximate surface area is 144 Å². The normalized spacial score (nSPS) is 35.5. The first-order chi connectivity index (χ1) is 11.5. The van der Waals surface area contributed by atoms with Crippen LogP contribution in [0.3, 0.4) is 0 Å². The summed E-state index contributed by atoms with van der Waals surface area (Å²) in [6.07, 6.45) is 6.69. The maximum atomic E-state index is 12.7. The van der Waals surface area contributed by atoms with Gasteiger partial charge in [0.1, 0.15) is 0 Å². The van der Waals surface area contributed by atoms with Crippen molar-refractivity contribution in [2.45, 2.75) is 70.5 Å². The molecule has 2 N–H and O–H groups in total. The third kappa shape index (κ3) is 3.53. The van der Waals surface area contributed by atoms with Crippen molar-refractivity contribution in [3.8, 4) is 0 Å². The summed E-state index contributed by atoms with van der Waals surface area (Å²) in [7, 11) is 0. The number of hydrogen-bond acceptors (Lipinski definition) is 3. The first kappa shape index (κ1) is 17.5. The zero-order valence-electron chi connectivity index (χ0n) is 14.9. The van der Waals surface area contributed by atoms with Crippen LogP contribution in [0.25, 0.3) is 0 Å². The van der Waals surface area contributed by atoms with Gasteiger partial charge in [-0.15, -0.1) is 0 Å². The molecule has 0 spiro atoms. The second kappa shape index (κ2) is 7.30. The lowest BCUT2D eigenvalue weighted by Crippen LogP contribution is -2.57. The maximum Gasteiger partial charge on any atom is 0.317 e. The van der Waals surface area contributed by atoms with Crippen LogP contribution in [0.2, 0.25) is 0 Å². The molecule has 0 radical (unpaired) electrons. The summed E-state index contributed by atoms with van der Waals surface area (Å²) in [5.74, 6) is 0.518. The minimum absolute atomic E-state index is 0.0925. The fourth-order valence-electron chi connectivity index (χ4n) is 4.94. The molecule has 0 aromatic rings. The minimum Gasteiger partial charge on any atom is -0.480 e. The molecular weight excluding hydrogens is 306 g/mol. The summed E-state index contributed by atoms with van der Waals surface area (Å²) in [6.45, 7) is 5.99. The van der Waals surface area contributed by atoms with Crippen molar-refractivity contribution < 1.29 is 14.7 Å². The molecule has 0 bridgehead atoms. The predicted molar refractivity (Wildman–Crippen MR) is 91.8 cm³/mol. The predicted octanol–water partition coefficient (Wildman–Crippen LogP) is 2.14. The number of carbonyl (C=O) groups is 2. The van der Waals surface area contributed by atoms with Crippen LogP contribution >= 0.6 is 0 Å². The van der Waals surface area contributed by atoms with Crippen LogP contribution in [0, 0.1) is 11.8 Å². The fourth-order valence-corrected chi connectivity index (χ4v) is 4.94. The lowest BCUT2D eigenvalue weighted by Gasteiger charge is -2.43. The molecule has 136 valence electrons. The molecule has 6 nitrogen and oxygen atoms in total. The highest BCUT2D eigenvalue weighted by Gasteiger charge is 2.44. The molecule has 6 heteroatoms. The van der Waals surface area contributed by atoms with Crippen molar-refractivity contribution in [3.05, 3.63) is 0 Å². The average Bonchev–Trinajstić information content (AvgIpc) is 2.86. The van der Waals surface area contributed by atoms with E-state index in [1.807, 2.05) is 11.8 Å². The van der Waals surface area contributed by atoms with Crippen LogP contribution < -0.4 is 5.32 Å². The highest BCUT2D eigenvalue weighted by molar-refractivity contribution is 5.75. The molecule has 3 rings (SSSR count). The molecular formula is C18H31N3O3. The van der Waals surface area contributed by atoms with Crippen LogP contribution in [-0.4, -0.2) is 64.7 Å². The first-order valence-corrected chi connectivity index (χ1v) is 9.52. The van der Waals surface area contributed by atoms with E-state index in [1.165, 1.54) is 19.3 Å². The monoisotopic (exact) mass is 337 g/mol. The molecule has 3 fully saturated rings. The fraction of sp³-hybridized carbons (Fsp3) is 0.889. The number of nitrogens with zero attached hydrogens (tertiary/aromatic N) is 2. The van der Waals surface area contributed by atoms with Gasteiger partial charge in [-0.2, -0.15) is 0 Å². The van der Waals surface area contributed by atoms with E-state index >= 15 is 0 Å². The third-order valence-corrected chi connectivity index (χ3v) is 6.36. The third-order valence-electron chi connectivity index (χ3n) is 6.36. The highest BCUT2D eigenvalue weighted by atomic mass is 16.4. The maximum absolute atomic E-state index is 12.7. The van der Waals surface area contributed by atoms with Crippen molar-refractivity contribution in [2.75, 3.05) is 19.6 Å². The second-order valence-corrected chi connectivity index (χ2v) is 7.87. The molecule has 2 aliphatic carbocycles. The smallest absolute Gasteiger partial charge is 0.317 e. The van der Waals surface area contributed by atoms with Crippen LogP contribution in [-0.2, 0) is 4.79 Å². The number of urea groups is 1. The van der Waals surface area contributed by atoms with Gasteiger partial charge in [0.15, 0.2) is 0 Å². The highest BCUT2D eigenvalue weighted by Crippen LogP contribution is 2.39. The van der Waals surface area contributed by atoms with E-state index in [-0.39, 0.29) is 24.7 Å². The van der Waals surface area contributed by atoms with Gasteiger partial charge in [0.2, 0.25) is 0 Å². The quantitative estimate of drug-likeness (QED) is 0.806. The standard InChI is InChI=1S/C18H31N3O3/c1-3-20(11-17(22)23)14-8-13(9-14)19-18(24)21-10-12(2)15-6-4-5-7-16(15)21/h12-16H,3-11H2,1-2H3,(H,19,24)(H,22,23). The number of hydrogen-bond donors (Lipinski definition) is 2. The molecule has 2 amide bonds. The Balaban J connectivity index is 1.47. The largest absolute Gasteiger partial charge is 0.480 e. The van der Waals surface area contributed by atoms with Crippen molar-refractivity contribution in [3.63, 3.8) is 0 Å². The van der Waals surface area contributed by atoms with E-state index in [0.29, 0.717) is 17.9 Å². The zero-order valence-corrected chi connectivity index (χ0v) is 14.9. The van der Waals surface area contributed by atoms with E-state index in [1.54, 1.807) is 0 Å². The van der Waals surface area contributed by atoms with Crippen molar-refractivity contribution >= 4 is 12.0 Å². The van der Waals surface area contributed by atoms with Crippen LogP contribution in [0.15, 0.2) is 0 Å². The Kier molecular flexibility index (Phi) is 5.33. The number of amides is 2. The number of fused-ring (bicyclic) bond motifs is 1. The van der Waals surface area contributed by atoms with Gasteiger partial charge in [-0.3, -0.25) is 9.69 Å². The molecule has 3 aliphatic rings. The molecule has 0 aromatic carbocycles. The van der Waals surface area contributed by atoms with Crippen LogP contribution in [0.1, 0.15) is 52.4 Å². The SMILES string of the molecule is CCN(CC(=O)O)C1CC(NC(=O)N2CC(C)C3CCCCC32)C1. The van der Waals surface area contributed by atoms with Gasteiger partial charge in [-0.1, -0.05) is 26.7 Å². The number of carboxylic acid groups (broad SMARTS) is 1. The molecule has 1 aliphatic heterocycles. The summed E-state index contributed by atoms with van der Waals surface area (Å²) < 4.78 is 0. The minimum atomic E-state index is -0.779. The lowest BCUT2D eigenvalue weighted by atomic mass is 9.80. The molecule has 1 saturated heterocycles. The van der Waals surface area contributed by atoms with Gasteiger partial charge in [0.05, 0.1) is 6.54 Å². The van der Waals surface area contributed by atoms with Gasteiger partial charge in [-0.05, 0) is 44.1 Å². The number of likely N-dealkylation sites (N-methyl/N-ethyl adjacent to an activating group) is 1. The zero-order chi connectivity index (χ0) is 17.3. The van der Waals surface area contributed by atoms with E-state index in [0.717, 1.165) is 32.4 Å². The van der Waals surface area contributed by atoms with E-state index < -0.39 is 5.97 Å². The van der Waals surface area contributed by atoms with Crippen molar-refractivity contribution in [2.24, 2.45) is 11.8 Å². The number of likely N-dealkylation sites (tertiary alicyclic amines) is 1. The Morgan fingerprint density at radius 2 is 1.96 bits per heavy atom. The number of aliphatic carboxylic acids is 1. The van der Waals surface area contributed by atoms with E-state index in [9.17, 15) is 9.59 Å². The van der Waals surface area contributed by atoms with Crippen LogP contribution in [0.4, 0.5) is 4.79 Å². The van der Waals surface area contributed by atoms with E-state index in [4.69, 9.17) is 5.11 Å². The van der Waals surface area contributed by atoms with Gasteiger partial charge >= 0.3 is 12.0 Å². The Morgan fingerprint density at radius 3 is 2.62 bits per heavy atom. The summed E-state index contributed by atoms with van der Waals surface area (Å²) in [6, 6.07) is 1.02. The lowest BCUT2D eigenvalue weighted by molar-refractivity contribution is -0.139. The van der Waals surface area contributed by atoms with Gasteiger partial charge < -0.3 is 15.3 Å². The average molecular weight is 337 g/mol. The van der Waals surface area contributed by atoms with E-state index in [2.05, 4.69) is 17.1 Å². The number of carbonyl (C=O) groups excluding carboxylic acids is 1. The number of rotatable bonds is 5. The summed E-state index contributed by atoms with van der Waals surface area (Å²) >= 11 is 0. The van der Waals surface area contributed by atoms with Gasteiger partial charge in [0, 0.05) is 24.7 Å². The number of nitrogens with one attached hydrogen (secondary N) is 1. The summed E-state index contributed by atoms with van der Waals surface area (Å²) in [4.78, 5) is 27.6. The Morgan fingerprint density at radius 1 is 1.25 bits per heavy atom. The number of carboxylic acids is 1.